The normalized spacial score (nSPS) is 10.0. The van der Waals surface area contributed by atoms with E-state index in [1.165, 1.54) is 0 Å². The molecular formula is C21H18O5. The number of carbonyl (C=O) groups is 1. The van der Waals surface area contributed by atoms with Gasteiger partial charge in [-0.3, -0.25) is 0 Å². The Morgan fingerprint density at radius 1 is 0.692 bits per heavy atom. The lowest BCUT2D eigenvalue weighted by Crippen LogP contribution is -2.17. The number of hydrogen-bond donors (Lipinski definition) is 0. The van der Waals surface area contributed by atoms with Crippen LogP contribution in [0.2, 0.25) is 0 Å². The van der Waals surface area contributed by atoms with E-state index in [0.717, 1.165) is 11.5 Å². The first-order valence-electron chi connectivity index (χ1n) is 8.03. The summed E-state index contributed by atoms with van der Waals surface area (Å²) in [6, 6.07) is 23.2. The standard InChI is InChI=1S/C21H18O5/c1-23-16-7-9-17(10-8-16)24-15-21(22)26-20-13-11-19(12-14-20)25-18-5-3-2-4-6-18/h2-14H,15H2,1H3. The number of ether oxygens (including phenoxy) is 4. The quantitative estimate of drug-likeness (QED) is 0.465. The summed E-state index contributed by atoms with van der Waals surface area (Å²) >= 11 is 0. The van der Waals surface area contributed by atoms with Gasteiger partial charge in [-0.25, -0.2) is 4.79 Å². The van der Waals surface area contributed by atoms with Crippen molar-refractivity contribution in [1.29, 1.82) is 0 Å². The van der Waals surface area contributed by atoms with Crippen LogP contribution in [0.25, 0.3) is 0 Å². The van der Waals surface area contributed by atoms with Crippen molar-refractivity contribution in [3.8, 4) is 28.7 Å². The van der Waals surface area contributed by atoms with Crippen LogP contribution in [0.4, 0.5) is 0 Å². The van der Waals surface area contributed by atoms with Crippen LogP contribution >= 0.6 is 0 Å². The molecule has 0 aliphatic rings. The minimum atomic E-state index is -0.488. The van der Waals surface area contributed by atoms with Crippen molar-refractivity contribution in [2.75, 3.05) is 13.7 Å². The average molecular weight is 350 g/mol. The van der Waals surface area contributed by atoms with Gasteiger partial charge in [0, 0.05) is 0 Å². The molecule has 0 N–H and O–H groups in total. The van der Waals surface area contributed by atoms with E-state index in [9.17, 15) is 4.79 Å². The first kappa shape index (κ1) is 17.4. The predicted octanol–water partition coefficient (Wildman–Crippen LogP) is 4.47. The molecule has 0 aromatic heterocycles. The summed E-state index contributed by atoms with van der Waals surface area (Å²) in [5.41, 5.74) is 0. The van der Waals surface area contributed by atoms with Crippen LogP contribution in [0.5, 0.6) is 28.7 Å². The number of para-hydroxylation sites is 1. The third-order valence-electron chi connectivity index (χ3n) is 3.45. The van der Waals surface area contributed by atoms with E-state index in [0.29, 0.717) is 17.2 Å². The third kappa shape index (κ3) is 5.01. The third-order valence-corrected chi connectivity index (χ3v) is 3.45. The van der Waals surface area contributed by atoms with Gasteiger partial charge in [0.2, 0.25) is 0 Å². The molecule has 0 amide bonds. The zero-order chi connectivity index (χ0) is 18.2. The Bertz CT molecular complexity index is 827. The Hall–Kier alpha value is -3.47. The molecule has 0 saturated heterocycles. The summed E-state index contributed by atoms with van der Waals surface area (Å²) in [5, 5.41) is 0. The summed E-state index contributed by atoms with van der Waals surface area (Å²) in [7, 11) is 1.59. The Kier molecular flexibility index (Phi) is 5.72. The summed E-state index contributed by atoms with van der Waals surface area (Å²) in [4.78, 5) is 11.9. The molecule has 0 heterocycles. The number of carbonyl (C=O) groups excluding carboxylic acids is 1. The van der Waals surface area contributed by atoms with Gasteiger partial charge in [-0.05, 0) is 60.7 Å². The Morgan fingerprint density at radius 2 is 1.23 bits per heavy atom. The van der Waals surface area contributed by atoms with Crippen molar-refractivity contribution >= 4 is 5.97 Å². The lowest BCUT2D eigenvalue weighted by Gasteiger charge is -2.09. The van der Waals surface area contributed by atoms with Crippen molar-refractivity contribution in [1.82, 2.24) is 0 Å². The van der Waals surface area contributed by atoms with Crippen LogP contribution in [0.15, 0.2) is 78.9 Å². The molecule has 5 heteroatoms. The highest BCUT2D eigenvalue weighted by molar-refractivity contribution is 5.74. The Morgan fingerprint density at radius 3 is 1.88 bits per heavy atom. The number of hydrogen-bond acceptors (Lipinski definition) is 5. The highest BCUT2D eigenvalue weighted by Gasteiger charge is 2.07. The SMILES string of the molecule is COc1ccc(OCC(=O)Oc2ccc(Oc3ccccc3)cc2)cc1. The molecule has 0 spiro atoms. The molecule has 0 fully saturated rings. The zero-order valence-corrected chi connectivity index (χ0v) is 14.3. The first-order valence-corrected chi connectivity index (χ1v) is 8.03. The van der Waals surface area contributed by atoms with Crippen molar-refractivity contribution < 1.29 is 23.7 Å². The second-order valence-electron chi connectivity index (χ2n) is 5.32. The van der Waals surface area contributed by atoms with Crippen LogP contribution < -0.4 is 18.9 Å². The molecule has 0 aliphatic carbocycles. The van der Waals surface area contributed by atoms with Gasteiger partial charge in [0.1, 0.15) is 28.7 Å². The molecule has 5 nitrogen and oxygen atoms in total. The highest BCUT2D eigenvalue weighted by atomic mass is 16.6. The average Bonchev–Trinajstić information content (AvgIpc) is 2.69. The second kappa shape index (κ2) is 8.58. The first-order chi connectivity index (χ1) is 12.7. The summed E-state index contributed by atoms with van der Waals surface area (Å²) in [5.74, 6) is 2.62. The second-order valence-corrected chi connectivity index (χ2v) is 5.32. The molecule has 26 heavy (non-hydrogen) atoms. The molecule has 3 rings (SSSR count). The fraction of sp³-hybridized carbons (Fsp3) is 0.0952. The lowest BCUT2D eigenvalue weighted by atomic mass is 10.3. The van der Waals surface area contributed by atoms with Gasteiger partial charge in [0.05, 0.1) is 7.11 Å². The lowest BCUT2D eigenvalue weighted by molar-refractivity contribution is -0.136. The van der Waals surface area contributed by atoms with Crippen LogP contribution in [0.3, 0.4) is 0 Å². The topological polar surface area (TPSA) is 54.0 Å². The van der Waals surface area contributed by atoms with Crippen LogP contribution in [0, 0.1) is 0 Å². The highest BCUT2D eigenvalue weighted by Crippen LogP contribution is 2.23. The maximum Gasteiger partial charge on any atom is 0.349 e. The van der Waals surface area contributed by atoms with Gasteiger partial charge < -0.3 is 18.9 Å². The van der Waals surface area contributed by atoms with Crippen molar-refractivity contribution in [3.63, 3.8) is 0 Å². The molecule has 0 radical (unpaired) electrons. The van der Waals surface area contributed by atoms with E-state index in [1.807, 2.05) is 30.3 Å². The maximum atomic E-state index is 11.9. The predicted molar refractivity (Wildman–Crippen MR) is 97.1 cm³/mol. The van der Waals surface area contributed by atoms with Gasteiger partial charge in [-0.2, -0.15) is 0 Å². The summed E-state index contributed by atoms with van der Waals surface area (Å²) < 4.78 is 21.4. The van der Waals surface area contributed by atoms with E-state index in [1.54, 1.807) is 55.6 Å². The van der Waals surface area contributed by atoms with E-state index >= 15 is 0 Å². The molecule has 0 bridgehead atoms. The van der Waals surface area contributed by atoms with Gasteiger partial charge in [0.15, 0.2) is 6.61 Å². The number of rotatable bonds is 7. The van der Waals surface area contributed by atoms with Gasteiger partial charge >= 0.3 is 5.97 Å². The summed E-state index contributed by atoms with van der Waals surface area (Å²) in [6.07, 6.45) is 0. The fourth-order valence-corrected chi connectivity index (χ4v) is 2.18. The van der Waals surface area contributed by atoms with Crippen LogP contribution in [0.1, 0.15) is 0 Å². The number of methoxy groups -OCH3 is 1. The van der Waals surface area contributed by atoms with E-state index < -0.39 is 5.97 Å². The fourth-order valence-electron chi connectivity index (χ4n) is 2.18. The van der Waals surface area contributed by atoms with Gasteiger partial charge in [-0.15, -0.1) is 0 Å². The van der Waals surface area contributed by atoms with E-state index in [4.69, 9.17) is 18.9 Å². The molecule has 3 aromatic carbocycles. The number of esters is 1. The number of benzene rings is 3. The molecule has 132 valence electrons. The summed E-state index contributed by atoms with van der Waals surface area (Å²) in [6.45, 7) is -0.186. The van der Waals surface area contributed by atoms with Gasteiger partial charge in [-0.1, -0.05) is 18.2 Å². The maximum absolute atomic E-state index is 11.9. The molecule has 3 aromatic rings. The minimum absolute atomic E-state index is 0.186. The van der Waals surface area contributed by atoms with Crippen molar-refractivity contribution in [2.45, 2.75) is 0 Å². The monoisotopic (exact) mass is 350 g/mol. The van der Waals surface area contributed by atoms with Crippen LogP contribution in [-0.4, -0.2) is 19.7 Å². The molecule has 0 aliphatic heterocycles. The molecule has 0 unspecified atom stereocenters. The smallest absolute Gasteiger partial charge is 0.349 e. The molecule has 0 atom stereocenters. The Balaban J connectivity index is 1.49. The molecule has 0 saturated carbocycles. The van der Waals surface area contributed by atoms with Crippen molar-refractivity contribution in [3.05, 3.63) is 78.9 Å². The minimum Gasteiger partial charge on any atom is -0.497 e. The van der Waals surface area contributed by atoms with E-state index in [-0.39, 0.29) is 6.61 Å². The Labute approximate surface area is 151 Å². The van der Waals surface area contributed by atoms with E-state index in [2.05, 4.69) is 0 Å². The van der Waals surface area contributed by atoms with Crippen LogP contribution in [-0.2, 0) is 4.79 Å². The van der Waals surface area contributed by atoms with Gasteiger partial charge in [0.25, 0.3) is 0 Å². The van der Waals surface area contributed by atoms with Crippen molar-refractivity contribution in [2.24, 2.45) is 0 Å². The largest absolute Gasteiger partial charge is 0.497 e. The molecular weight excluding hydrogens is 332 g/mol. The zero-order valence-electron chi connectivity index (χ0n) is 14.3.